The minimum Gasteiger partial charge on any atom is -0.346 e. The summed E-state index contributed by atoms with van der Waals surface area (Å²) in [6.07, 6.45) is 1.41. The SMILES string of the molecule is CCN1CC(=O)N(CC(C)(C)CCS(=O)CCS(=O)CCC(C)(C)CN2C(=S)N(CC)CC2S)C1=O. The average molecular weight is 581 g/mol. The van der Waals surface area contributed by atoms with Gasteiger partial charge in [0.25, 0.3) is 0 Å². The highest BCUT2D eigenvalue weighted by Crippen LogP contribution is 2.28. The summed E-state index contributed by atoms with van der Waals surface area (Å²) in [5.74, 6) is 1.67. The molecule has 0 aromatic heterocycles. The molecule has 8 nitrogen and oxygen atoms in total. The van der Waals surface area contributed by atoms with Gasteiger partial charge < -0.3 is 14.7 Å². The van der Waals surface area contributed by atoms with Gasteiger partial charge in [-0.05, 0) is 49.7 Å². The molecule has 2 heterocycles. The summed E-state index contributed by atoms with van der Waals surface area (Å²) >= 11 is 10.3. The zero-order valence-electron chi connectivity index (χ0n) is 22.7. The Labute approximate surface area is 233 Å². The molecule has 3 unspecified atom stereocenters. The molecule has 0 spiro atoms. The molecule has 2 saturated heterocycles. The van der Waals surface area contributed by atoms with Crippen molar-refractivity contribution in [3.63, 3.8) is 0 Å². The number of likely N-dealkylation sites (N-methyl/N-ethyl adjacent to an activating group) is 2. The van der Waals surface area contributed by atoms with E-state index in [2.05, 4.69) is 30.6 Å². The van der Waals surface area contributed by atoms with E-state index in [0.29, 0.717) is 42.5 Å². The van der Waals surface area contributed by atoms with Crippen LogP contribution in [0.15, 0.2) is 0 Å². The number of thiol groups is 1. The van der Waals surface area contributed by atoms with Crippen LogP contribution in [0.4, 0.5) is 4.79 Å². The van der Waals surface area contributed by atoms with Crippen LogP contribution in [-0.2, 0) is 26.4 Å². The van der Waals surface area contributed by atoms with Gasteiger partial charge in [-0.15, -0.1) is 0 Å². The summed E-state index contributed by atoms with van der Waals surface area (Å²) in [5, 5.41) is 0.923. The first-order chi connectivity index (χ1) is 16.7. The Morgan fingerprint density at radius 2 is 1.39 bits per heavy atom. The number of amides is 3. The van der Waals surface area contributed by atoms with Crippen molar-refractivity contribution in [3.8, 4) is 0 Å². The van der Waals surface area contributed by atoms with Gasteiger partial charge >= 0.3 is 6.03 Å². The molecule has 208 valence electrons. The van der Waals surface area contributed by atoms with E-state index in [1.807, 2.05) is 20.8 Å². The van der Waals surface area contributed by atoms with Gasteiger partial charge in [0.05, 0.1) is 5.37 Å². The number of urea groups is 1. The van der Waals surface area contributed by atoms with Crippen molar-refractivity contribution in [1.29, 1.82) is 0 Å². The van der Waals surface area contributed by atoms with Crippen molar-refractivity contribution >= 4 is 63.5 Å². The van der Waals surface area contributed by atoms with Gasteiger partial charge in [-0.3, -0.25) is 18.1 Å². The molecular formula is C24H44N4O4S4. The van der Waals surface area contributed by atoms with Gasteiger partial charge in [0.2, 0.25) is 5.91 Å². The van der Waals surface area contributed by atoms with Gasteiger partial charge in [0.1, 0.15) is 6.54 Å². The number of hydrogen-bond donors (Lipinski definition) is 1. The summed E-state index contributed by atoms with van der Waals surface area (Å²) in [6, 6.07) is -0.242. The van der Waals surface area contributed by atoms with Gasteiger partial charge in [-0.1, -0.05) is 27.7 Å². The number of rotatable bonds is 15. The second-order valence-corrected chi connectivity index (χ2v) is 15.6. The van der Waals surface area contributed by atoms with Crippen molar-refractivity contribution in [2.24, 2.45) is 10.8 Å². The predicted octanol–water partition coefficient (Wildman–Crippen LogP) is 2.78. The molecule has 0 saturated carbocycles. The highest BCUT2D eigenvalue weighted by molar-refractivity contribution is 7.88. The molecule has 0 aliphatic carbocycles. The minimum absolute atomic E-state index is 0.0641. The maximum absolute atomic E-state index is 12.6. The van der Waals surface area contributed by atoms with Crippen molar-refractivity contribution in [1.82, 2.24) is 19.6 Å². The van der Waals surface area contributed by atoms with Crippen LogP contribution in [0.25, 0.3) is 0 Å². The van der Waals surface area contributed by atoms with E-state index < -0.39 is 21.6 Å². The largest absolute Gasteiger partial charge is 0.346 e. The zero-order valence-corrected chi connectivity index (χ0v) is 26.0. The van der Waals surface area contributed by atoms with Crippen LogP contribution < -0.4 is 0 Å². The van der Waals surface area contributed by atoms with Crippen LogP contribution in [0.3, 0.4) is 0 Å². The Balaban J connectivity index is 1.71. The number of carbonyl (C=O) groups is 2. The van der Waals surface area contributed by atoms with Gasteiger partial charge in [-0.25, -0.2) is 4.79 Å². The lowest BCUT2D eigenvalue weighted by Crippen LogP contribution is -2.40. The highest BCUT2D eigenvalue weighted by Gasteiger charge is 2.38. The molecule has 2 fully saturated rings. The lowest BCUT2D eigenvalue weighted by Gasteiger charge is -2.33. The third-order valence-corrected chi connectivity index (χ3v) is 10.7. The van der Waals surface area contributed by atoms with Crippen LogP contribution >= 0.6 is 24.8 Å². The first-order valence-electron chi connectivity index (χ1n) is 12.7. The first-order valence-corrected chi connectivity index (χ1v) is 16.6. The highest BCUT2D eigenvalue weighted by atomic mass is 32.2. The first kappa shape index (κ1) is 31.5. The molecule has 3 amide bonds. The Morgan fingerprint density at radius 1 is 0.889 bits per heavy atom. The monoisotopic (exact) mass is 580 g/mol. The number of thiocarbonyl (C=S) groups is 1. The topological polar surface area (TPSA) is 81.2 Å². The molecule has 12 heteroatoms. The second-order valence-electron chi connectivity index (χ2n) is 11.2. The Kier molecular flexibility index (Phi) is 11.7. The van der Waals surface area contributed by atoms with Crippen molar-refractivity contribution in [2.75, 3.05) is 62.3 Å². The lowest BCUT2D eigenvalue weighted by atomic mass is 9.89. The van der Waals surface area contributed by atoms with Crippen LogP contribution in [0.1, 0.15) is 54.4 Å². The van der Waals surface area contributed by atoms with Crippen LogP contribution in [0.5, 0.6) is 0 Å². The molecule has 3 atom stereocenters. The number of carbonyl (C=O) groups excluding carboxylic acids is 2. The quantitative estimate of drug-likeness (QED) is 0.181. The summed E-state index contributed by atoms with van der Waals surface area (Å²) in [5.41, 5.74) is -0.395. The van der Waals surface area contributed by atoms with E-state index in [-0.39, 0.29) is 34.7 Å². The van der Waals surface area contributed by atoms with E-state index in [1.54, 1.807) is 0 Å². The Bertz CT molecular complexity index is 867. The zero-order chi connectivity index (χ0) is 27.3. The fraction of sp³-hybridized carbons (Fsp3) is 0.875. The molecule has 0 aromatic rings. The summed E-state index contributed by atoms with van der Waals surface area (Å²) in [4.78, 5) is 31.7. The Morgan fingerprint density at radius 3 is 1.83 bits per heavy atom. The lowest BCUT2D eigenvalue weighted by molar-refractivity contribution is -0.126. The number of hydrogen-bond acceptors (Lipinski definition) is 6. The fourth-order valence-corrected chi connectivity index (χ4v) is 8.65. The molecular weight excluding hydrogens is 537 g/mol. The summed E-state index contributed by atoms with van der Waals surface area (Å²) in [7, 11) is -2.13. The fourth-order valence-electron chi connectivity index (χ4n) is 4.33. The maximum atomic E-state index is 12.6. The third kappa shape index (κ3) is 8.94. The molecule has 2 rings (SSSR count). The van der Waals surface area contributed by atoms with E-state index in [4.69, 9.17) is 24.8 Å². The number of nitrogens with zero attached hydrogens (tertiary/aromatic N) is 4. The standard InChI is InChI=1S/C24H44N4O4S4/c1-7-25-15-19(29)27(21(25)30)17-23(3,4)9-11-35(31)13-14-36(32)12-10-24(5,6)18-28-20(33)16-26(8-2)22(28)34/h20,33H,7-18H2,1-6H3. The smallest absolute Gasteiger partial charge is 0.327 e. The molecule has 2 aliphatic heterocycles. The van der Waals surface area contributed by atoms with Crippen LogP contribution in [0.2, 0.25) is 0 Å². The number of imide groups is 1. The molecule has 0 aromatic carbocycles. The summed E-state index contributed by atoms with van der Waals surface area (Å²) in [6.45, 7) is 15.7. The minimum atomic E-state index is -1.09. The summed E-state index contributed by atoms with van der Waals surface area (Å²) < 4.78 is 25.3. The van der Waals surface area contributed by atoms with Gasteiger partial charge in [-0.2, -0.15) is 12.6 Å². The Hall–Kier alpha value is -0.720. The average Bonchev–Trinajstić information content (AvgIpc) is 3.23. The van der Waals surface area contributed by atoms with Crippen LogP contribution in [-0.4, -0.2) is 113 Å². The van der Waals surface area contributed by atoms with E-state index in [9.17, 15) is 18.0 Å². The van der Waals surface area contributed by atoms with Gasteiger partial charge in [0.15, 0.2) is 5.11 Å². The van der Waals surface area contributed by atoms with E-state index in [0.717, 1.165) is 31.2 Å². The normalized spacial score (nSPS) is 21.2. The molecule has 0 N–H and O–H groups in total. The molecule has 2 aliphatic rings. The molecule has 36 heavy (non-hydrogen) atoms. The maximum Gasteiger partial charge on any atom is 0.327 e. The van der Waals surface area contributed by atoms with Crippen molar-refractivity contribution in [3.05, 3.63) is 0 Å². The van der Waals surface area contributed by atoms with E-state index >= 15 is 0 Å². The molecule has 0 bridgehead atoms. The van der Waals surface area contributed by atoms with Gasteiger partial charge in [0, 0.05) is 77.3 Å². The van der Waals surface area contributed by atoms with Crippen molar-refractivity contribution in [2.45, 2.75) is 59.8 Å². The second kappa shape index (κ2) is 13.4. The van der Waals surface area contributed by atoms with Crippen LogP contribution in [0, 0.1) is 10.8 Å². The van der Waals surface area contributed by atoms with E-state index in [1.165, 1.54) is 9.80 Å². The third-order valence-electron chi connectivity index (χ3n) is 6.89. The van der Waals surface area contributed by atoms with Crippen molar-refractivity contribution < 1.29 is 18.0 Å². The predicted molar refractivity (Wildman–Crippen MR) is 156 cm³/mol. The molecule has 0 radical (unpaired) electrons.